The SMILES string of the molecule is CC(C)c1c(C(=O)Nc2ccccc2)c(-c2ccccc2)c(-c2ccc(F)cc2)n1CCC1CC(CC(=O)OC(C)(C)C)OB(CCc2ccccc2)O1. The third-order valence-electron chi connectivity index (χ3n) is 9.50. The number of ether oxygens (including phenoxy) is 1. The Labute approximate surface area is 319 Å². The van der Waals surface area contributed by atoms with Crippen molar-refractivity contribution in [3.63, 3.8) is 0 Å². The molecule has 0 bridgehead atoms. The van der Waals surface area contributed by atoms with Crippen LogP contribution < -0.4 is 5.32 Å². The number of carbonyl (C=O) groups excluding carboxylic acids is 2. The lowest BCUT2D eigenvalue weighted by atomic mass is 9.78. The lowest BCUT2D eigenvalue weighted by Crippen LogP contribution is -2.43. The Bertz CT molecular complexity index is 1990. The molecule has 0 radical (unpaired) electrons. The van der Waals surface area contributed by atoms with Crippen LogP contribution in [0.4, 0.5) is 10.1 Å². The number of rotatable bonds is 13. The van der Waals surface area contributed by atoms with Crippen LogP contribution >= 0.6 is 0 Å². The highest BCUT2D eigenvalue weighted by atomic mass is 19.1. The zero-order chi connectivity index (χ0) is 38.2. The van der Waals surface area contributed by atoms with Gasteiger partial charge in [0.25, 0.3) is 5.91 Å². The lowest BCUT2D eigenvalue weighted by molar-refractivity contribution is -0.157. The van der Waals surface area contributed by atoms with E-state index in [2.05, 4.69) is 35.9 Å². The van der Waals surface area contributed by atoms with Crippen molar-refractivity contribution in [2.75, 3.05) is 5.32 Å². The van der Waals surface area contributed by atoms with E-state index in [0.717, 1.165) is 34.5 Å². The molecule has 1 N–H and O–H groups in total. The molecule has 1 amide bonds. The number of aromatic nitrogens is 1. The Balaban J connectivity index is 1.39. The van der Waals surface area contributed by atoms with Crippen molar-refractivity contribution >= 4 is 24.7 Å². The van der Waals surface area contributed by atoms with E-state index in [1.165, 1.54) is 17.7 Å². The molecule has 5 aromatic rings. The molecule has 1 aliphatic rings. The maximum atomic E-state index is 14.5. The number of benzene rings is 4. The van der Waals surface area contributed by atoms with Crippen LogP contribution in [0.5, 0.6) is 0 Å². The van der Waals surface area contributed by atoms with Crippen molar-refractivity contribution < 1.29 is 28.0 Å². The highest BCUT2D eigenvalue weighted by Crippen LogP contribution is 2.43. The molecule has 9 heteroatoms. The Hall–Kier alpha value is -4.99. The standard InChI is InChI=1S/C45H50BFN2O5/c1-31(2)42-41(44(51)48-36-19-13-8-14-20-36)40(33-17-11-7-12-18-33)43(34-21-23-35(47)24-22-34)49(42)28-26-37-29-38(30-39(50)52-45(3,4)5)54-46(53-37)27-25-32-15-9-6-10-16-32/h6-24,31,37-38H,25-30H2,1-5H3,(H,48,51). The van der Waals surface area contributed by atoms with Gasteiger partial charge in [0.2, 0.25) is 0 Å². The summed E-state index contributed by atoms with van der Waals surface area (Å²) in [6, 6.07) is 36.0. The summed E-state index contributed by atoms with van der Waals surface area (Å²) < 4.78 is 35.3. The first-order chi connectivity index (χ1) is 25.9. The smallest absolute Gasteiger partial charge is 0.457 e. The van der Waals surface area contributed by atoms with Crippen molar-refractivity contribution in [1.82, 2.24) is 4.57 Å². The zero-order valence-electron chi connectivity index (χ0n) is 31.9. The zero-order valence-corrected chi connectivity index (χ0v) is 31.9. The number of esters is 1. The van der Waals surface area contributed by atoms with Crippen LogP contribution in [0.2, 0.25) is 6.32 Å². The van der Waals surface area contributed by atoms with Gasteiger partial charge in [0.15, 0.2) is 0 Å². The monoisotopic (exact) mass is 728 g/mol. The Kier molecular flexibility index (Phi) is 12.5. The number of amides is 1. The van der Waals surface area contributed by atoms with Gasteiger partial charge in [0.1, 0.15) is 11.4 Å². The van der Waals surface area contributed by atoms with Crippen LogP contribution in [0.1, 0.15) is 81.4 Å². The second-order valence-corrected chi connectivity index (χ2v) is 15.3. The van der Waals surface area contributed by atoms with E-state index in [-0.39, 0.29) is 42.2 Å². The molecule has 0 aliphatic carbocycles. The highest BCUT2D eigenvalue weighted by Gasteiger charge is 2.37. The topological polar surface area (TPSA) is 78.8 Å². The van der Waals surface area contributed by atoms with Crippen molar-refractivity contribution in [3.8, 4) is 22.4 Å². The van der Waals surface area contributed by atoms with Gasteiger partial charge in [-0.05, 0) is 105 Å². The molecule has 0 spiro atoms. The van der Waals surface area contributed by atoms with E-state index in [9.17, 15) is 14.0 Å². The fourth-order valence-electron chi connectivity index (χ4n) is 7.30. The number of hydrogen-bond donors (Lipinski definition) is 1. The molecule has 1 fully saturated rings. The van der Waals surface area contributed by atoms with E-state index in [0.29, 0.717) is 37.0 Å². The minimum absolute atomic E-state index is 0.0488. The normalized spacial score (nSPS) is 16.0. The predicted octanol–water partition coefficient (Wildman–Crippen LogP) is 10.4. The van der Waals surface area contributed by atoms with Gasteiger partial charge < -0.3 is 23.9 Å². The molecule has 280 valence electrons. The van der Waals surface area contributed by atoms with E-state index < -0.39 is 12.7 Å². The molecule has 1 saturated heterocycles. The molecular weight excluding hydrogens is 678 g/mol. The average molecular weight is 729 g/mol. The van der Waals surface area contributed by atoms with Gasteiger partial charge in [-0.25, -0.2) is 4.39 Å². The summed E-state index contributed by atoms with van der Waals surface area (Å²) in [5.74, 6) is -0.904. The average Bonchev–Trinajstić information content (AvgIpc) is 3.49. The number of carbonyl (C=O) groups is 2. The maximum absolute atomic E-state index is 14.5. The molecule has 2 heterocycles. The largest absolute Gasteiger partial charge is 0.460 e. The van der Waals surface area contributed by atoms with Crippen molar-refractivity contribution in [1.29, 1.82) is 0 Å². The van der Waals surface area contributed by atoms with E-state index in [1.807, 2.05) is 99.6 Å². The number of nitrogens with zero attached hydrogens (tertiary/aromatic N) is 1. The Morgan fingerprint density at radius 1 is 0.852 bits per heavy atom. The number of aryl methyl sites for hydroxylation is 1. The van der Waals surface area contributed by atoms with Crippen LogP contribution in [-0.4, -0.2) is 41.4 Å². The van der Waals surface area contributed by atoms with Crippen LogP contribution in [-0.2, 0) is 31.8 Å². The Morgan fingerprint density at radius 3 is 2.09 bits per heavy atom. The first kappa shape index (κ1) is 38.7. The van der Waals surface area contributed by atoms with E-state index >= 15 is 0 Å². The molecule has 2 atom stereocenters. The van der Waals surface area contributed by atoms with Gasteiger partial charge in [-0.15, -0.1) is 0 Å². The molecule has 6 rings (SSSR count). The van der Waals surface area contributed by atoms with Crippen LogP contribution in [0.15, 0.2) is 115 Å². The summed E-state index contributed by atoms with van der Waals surface area (Å²) in [6.07, 6.45) is 2.01. The maximum Gasteiger partial charge on any atom is 0.457 e. The summed E-state index contributed by atoms with van der Waals surface area (Å²) in [6.45, 7) is 10.3. The predicted molar refractivity (Wildman–Crippen MR) is 214 cm³/mol. The quantitative estimate of drug-likeness (QED) is 0.0965. The van der Waals surface area contributed by atoms with Crippen LogP contribution in [0.25, 0.3) is 22.4 Å². The second-order valence-electron chi connectivity index (χ2n) is 15.3. The molecule has 1 aromatic heterocycles. The number of anilines is 1. The van der Waals surface area contributed by atoms with Gasteiger partial charge in [-0.3, -0.25) is 9.59 Å². The van der Waals surface area contributed by atoms with Gasteiger partial charge in [0, 0.05) is 29.6 Å². The van der Waals surface area contributed by atoms with Crippen molar-refractivity contribution in [2.45, 2.75) is 96.9 Å². The van der Waals surface area contributed by atoms with Crippen LogP contribution in [0, 0.1) is 5.82 Å². The molecule has 0 saturated carbocycles. The molecule has 1 aliphatic heterocycles. The van der Waals surface area contributed by atoms with Gasteiger partial charge in [-0.1, -0.05) is 92.7 Å². The third kappa shape index (κ3) is 9.95. The fourth-order valence-corrected chi connectivity index (χ4v) is 7.30. The van der Waals surface area contributed by atoms with Gasteiger partial charge in [-0.2, -0.15) is 0 Å². The Morgan fingerprint density at radius 2 is 1.46 bits per heavy atom. The highest BCUT2D eigenvalue weighted by molar-refractivity contribution is 6.44. The van der Waals surface area contributed by atoms with Crippen molar-refractivity contribution in [3.05, 3.63) is 138 Å². The summed E-state index contributed by atoms with van der Waals surface area (Å²) in [5.41, 5.74) is 6.04. The summed E-state index contributed by atoms with van der Waals surface area (Å²) in [5, 5.41) is 3.15. The lowest BCUT2D eigenvalue weighted by Gasteiger charge is -2.35. The minimum atomic E-state index is -0.603. The number of nitrogens with one attached hydrogen (secondary N) is 1. The van der Waals surface area contributed by atoms with E-state index in [1.54, 1.807) is 12.1 Å². The third-order valence-corrected chi connectivity index (χ3v) is 9.50. The first-order valence-corrected chi connectivity index (χ1v) is 19.0. The van der Waals surface area contributed by atoms with Gasteiger partial charge >= 0.3 is 13.1 Å². The fraction of sp³-hybridized carbons (Fsp3) is 0.333. The number of halogens is 1. The minimum Gasteiger partial charge on any atom is -0.460 e. The number of hydrogen-bond acceptors (Lipinski definition) is 5. The van der Waals surface area contributed by atoms with E-state index in [4.69, 9.17) is 14.0 Å². The summed E-state index contributed by atoms with van der Waals surface area (Å²) in [4.78, 5) is 27.5. The molecule has 7 nitrogen and oxygen atoms in total. The second kappa shape index (κ2) is 17.4. The van der Waals surface area contributed by atoms with Crippen molar-refractivity contribution in [2.24, 2.45) is 0 Å². The van der Waals surface area contributed by atoms with Gasteiger partial charge in [0.05, 0.1) is 23.8 Å². The first-order valence-electron chi connectivity index (χ1n) is 19.0. The molecular formula is C45H50BFN2O5. The molecule has 54 heavy (non-hydrogen) atoms. The molecule has 4 aromatic carbocycles. The molecule has 2 unspecified atom stereocenters. The summed E-state index contributed by atoms with van der Waals surface area (Å²) in [7, 11) is -0.505. The number of para-hydroxylation sites is 1. The van der Waals surface area contributed by atoms with Crippen LogP contribution in [0.3, 0.4) is 0 Å². The summed E-state index contributed by atoms with van der Waals surface area (Å²) >= 11 is 0.